The maximum atomic E-state index is 12.6. The van der Waals surface area contributed by atoms with E-state index in [1.54, 1.807) is 25.1 Å². The maximum Gasteiger partial charge on any atom is 0.260 e. The smallest absolute Gasteiger partial charge is 0.260 e. The van der Waals surface area contributed by atoms with E-state index in [4.69, 9.17) is 5.73 Å². The monoisotopic (exact) mass is 292 g/mol. The molecule has 1 aromatic heterocycles. The number of sulfone groups is 1. The number of anilines is 1. The average Bonchev–Trinajstić information content (AvgIpc) is 2.64. The summed E-state index contributed by atoms with van der Waals surface area (Å²) in [6.45, 7) is 1.78. The van der Waals surface area contributed by atoms with Gasteiger partial charge in [0.2, 0.25) is 0 Å². The lowest BCUT2D eigenvalue weighted by Gasteiger charge is -2.27. The molecule has 0 amide bonds. The van der Waals surface area contributed by atoms with Crippen LogP contribution in [0, 0.1) is 0 Å². The van der Waals surface area contributed by atoms with Gasteiger partial charge in [0.25, 0.3) is 5.56 Å². The number of aromatic nitrogens is 1. The van der Waals surface area contributed by atoms with E-state index in [9.17, 15) is 13.2 Å². The number of hydrogen-bond donors (Lipinski definition) is 1. The topological polar surface area (TPSA) is 82.2 Å². The molecule has 1 fully saturated rings. The third kappa shape index (κ3) is 1.91. The van der Waals surface area contributed by atoms with Crippen molar-refractivity contribution in [2.45, 2.75) is 18.9 Å². The van der Waals surface area contributed by atoms with Crippen LogP contribution >= 0.6 is 0 Å². The molecule has 0 radical (unpaired) electrons. The van der Waals surface area contributed by atoms with E-state index < -0.39 is 15.4 Å². The van der Waals surface area contributed by atoms with Gasteiger partial charge in [0.15, 0.2) is 9.84 Å². The Kier molecular flexibility index (Phi) is 2.69. The molecule has 1 atom stereocenters. The lowest BCUT2D eigenvalue weighted by atomic mass is 10.00. The van der Waals surface area contributed by atoms with Crippen LogP contribution in [0.3, 0.4) is 0 Å². The number of nitrogens with zero attached hydrogens (tertiary/aromatic N) is 1. The van der Waals surface area contributed by atoms with Gasteiger partial charge >= 0.3 is 0 Å². The summed E-state index contributed by atoms with van der Waals surface area (Å²) >= 11 is 0. The molecule has 2 aromatic rings. The standard InChI is InChI=1S/C14H16N2O3S/c1-14(6-7-20(18,19)9-14)16-12(15)8-10-4-2-3-5-11(10)13(16)17/h2-5,8H,6-7,9,15H2,1H3. The Morgan fingerprint density at radius 2 is 2.00 bits per heavy atom. The van der Waals surface area contributed by atoms with Gasteiger partial charge in [0, 0.05) is 5.39 Å². The van der Waals surface area contributed by atoms with Crippen molar-refractivity contribution in [1.82, 2.24) is 4.57 Å². The van der Waals surface area contributed by atoms with E-state index in [0.717, 1.165) is 5.39 Å². The molecule has 0 saturated carbocycles. The first-order valence-corrected chi connectivity index (χ1v) is 8.26. The highest BCUT2D eigenvalue weighted by atomic mass is 32.2. The lowest BCUT2D eigenvalue weighted by Crippen LogP contribution is -2.41. The van der Waals surface area contributed by atoms with E-state index in [0.29, 0.717) is 17.6 Å². The molecule has 5 nitrogen and oxygen atoms in total. The van der Waals surface area contributed by atoms with E-state index in [1.165, 1.54) is 4.57 Å². The number of nitrogen functional groups attached to an aromatic ring is 1. The summed E-state index contributed by atoms with van der Waals surface area (Å²) in [5.74, 6) is 0.373. The zero-order valence-corrected chi connectivity index (χ0v) is 12.0. The van der Waals surface area contributed by atoms with Crippen molar-refractivity contribution in [3.63, 3.8) is 0 Å². The van der Waals surface area contributed by atoms with Crippen molar-refractivity contribution >= 4 is 26.4 Å². The Balaban J connectivity index is 2.30. The van der Waals surface area contributed by atoms with E-state index in [1.807, 2.05) is 12.1 Å². The van der Waals surface area contributed by atoms with Crippen molar-refractivity contribution in [2.24, 2.45) is 0 Å². The molecule has 106 valence electrons. The normalized spacial score (nSPS) is 25.1. The van der Waals surface area contributed by atoms with Gasteiger partial charge in [-0.05, 0) is 30.9 Å². The van der Waals surface area contributed by atoms with Gasteiger partial charge in [-0.1, -0.05) is 18.2 Å². The molecule has 6 heteroatoms. The molecule has 1 aromatic carbocycles. The Morgan fingerprint density at radius 3 is 2.65 bits per heavy atom. The summed E-state index contributed by atoms with van der Waals surface area (Å²) < 4.78 is 24.9. The van der Waals surface area contributed by atoms with Crippen molar-refractivity contribution in [3.8, 4) is 0 Å². The summed E-state index contributed by atoms with van der Waals surface area (Å²) in [5, 5.41) is 1.34. The molecule has 1 aliphatic heterocycles. The van der Waals surface area contributed by atoms with Gasteiger partial charge in [-0.2, -0.15) is 0 Å². The second-order valence-electron chi connectivity index (χ2n) is 5.64. The summed E-state index contributed by atoms with van der Waals surface area (Å²) in [6.07, 6.45) is 0.414. The molecule has 1 saturated heterocycles. The SMILES string of the molecule is CC1(n2c(N)cc3ccccc3c2=O)CCS(=O)(=O)C1. The maximum absolute atomic E-state index is 12.6. The number of pyridine rings is 1. The minimum Gasteiger partial charge on any atom is -0.385 e. The quantitative estimate of drug-likeness (QED) is 0.854. The summed E-state index contributed by atoms with van der Waals surface area (Å²) in [5.41, 5.74) is 5.03. The van der Waals surface area contributed by atoms with Crippen LogP contribution in [0.1, 0.15) is 13.3 Å². The van der Waals surface area contributed by atoms with Crippen LogP contribution in [0.15, 0.2) is 35.1 Å². The van der Waals surface area contributed by atoms with Gasteiger partial charge in [0.1, 0.15) is 5.82 Å². The lowest BCUT2D eigenvalue weighted by molar-refractivity contribution is 0.362. The first-order chi connectivity index (χ1) is 9.32. The fourth-order valence-electron chi connectivity index (χ4n) is 3.01. The largest absolute Gasteiger partial charge is 0.385 e. The Morgan fingerprint density at radius 1 is 1.30 bits per heavy atom. The second kappa shape index (κ2) is 4.09. The second-order valence-corrected chi connectivity index (χ2v) is 7.82. The van der Waals surface area contributed by atoms with E-state index in [-0.39, 0.29) is 17.1 Å². The van der Waals surface area contributed by atoms with Crippen LogP contribution in [0.5, 0.6) is 0 Å². The van der Waals surface area contributed by atoms with E-state index in [2.05, 4.69) is 0 Å². The number of fused-ring (bicyclic) bond motifs is 1. The Labute approximate surface area is 116 Å². The van der Waals surface area contributed by atoms with Crippen LogP contribution in [-0.4, -0.2) is 24.5 Å². The molecule has 0 bridgehead atoms. The van der Waals surface area contributed by atoms with Crippen LogP contribution in [0.2, 0.25) is 0 Å². The number of hydrogen-bond acceptors (Lipinski definition) is 4. The van der Waals surface area contributed by atoms with Gasteiger partial charge in [0.05, 0.1) is 17.0 Å². The molecule has 3 rings (SSSR count). The molecular formula is C14H16N2O3S. The molecule has 2 N–H and O–H groups in total. The van der Waals surface area contributed by atoms with Gasteiger partial charge in [-0.3, -0.25) is 9.36 Å². The third-order valence-corrected chi connectivity index (χ3v) is 5.87. The van der Waals surface area contributed by atoms with Gasteiger partial charge < -0.3 is 5.73 Å². The summed E-state index contributed by atoms with van der Waals surface area (Å²) in [4.78, 5) is 12.6. The van der Waals surface area contributed by atoms with Gasteiger partial charge in [-0.25, -0.2) is 8.42 Å². The highest BCUT2D eigenvalue weighted by molar-refractivity contribution is 7.91. The van der Waals surface area contributed by atoms with Crippen molar-refractivity contribution in [1.29, 1.82) is 0 Å². The predicted molar refractivity (Wildman–Crippen MR) is 79.5 cm³/mol. The third-order valence-electron chi connectivity index (χ3n) is 3.98. The Hall–Kier alpha value is -1.82. The Bertz CT molecular complexity index is 854. The molecular weight excluding hydrogens is 276 g/mol. The van der Waals surface area contributed by atoms with E-state index >= 15 is 0 Å². The molecule has 2 heterocycles. The first kappa shape index (κ1) is 13.2. The average molecular weight is 292 g/mol. The number of benzene rings is 1. The first-order valence-electron chi connectivity index (χ1n) is 6.44. The van der Waals surface area contributed by atoms with Crippen LogP contribution < -0.4 is 11.3 Å². The minimum atomic E-state index is -3.10. The number of rotatable bonds is 1. The highest BCUT2D eigenvalue weighted by Crippen LogP contribution is 2.32. The highest BCUT2D eigenvalue weighted by Gasteiger charge is 2.41. The minimum absolute atomic E-state index is 0.0392. The fourth-order valence-corrected chi connectivity index (χ4v) is 5.12. The summed E-state index contributed by atoms with van der Waals surface area (Å²) in [7, 11) is -3.10. The molecule has 1 unspecified atom stereocenters. The molecule has 0 aliphatic carbocycles. The zero-order chi connectivity index (χ0) is 14.5. The molecule has 0 spiro atoms. The number of nitrogens with two attached hydrogens (primary N) is 1. The van der Waals surface area contributed by atoms with Crippen molar-refractivity contribution < 1.29 is 8.42 Å². The predicted octanol–water partition coefficient (Wildman–Crippen LogP) is 1.12. The van der Waals surface area contributed by atoms with Crippen LogP contribution in [0.25, 0.3) is 10.8 Å². The molecule has 1 aliphatic rings. The van der Waals surface area contributed by atoms with Crippen molar-refractivity contribution in [2.75, 3.05) is 17.2 Å². The van der Waals surface area contributed by atoms with Crippen molar-refractivity contribution in [3.05, 3.63) is 40.7 Å². The fraction of sp³-hybridized carbons (Fsp3) is 0.357. The van der Waals surface area contributed by atoms with Crippen LogP contribution in [-0.2, 0) is 15.4 Å². The zero-order valence-electron chi connectivity index (χ0n) is 11.2. The van der Waals surface area contributed by atoms with Gasteiger partial charge in [-0.15, -0.1) is 0 Å². The molecule has 20 heavy (non-hydrogen) atoms. The van der Waals surface area contributed by atoms with Crippen LogP contribution in [0.4, 0.5) is 5.82 Å². The summed E-state index contributed by atoms with van der Waals surface area (Å²) in [6, 6.07) is 8.92.